The first kappa shape index (κ1) is 14.1. The quantitative estimate of drug-likeness (QED) is 0.916. The van der Waals surface area contributed by atoms with Crippen LogP contribution in [-0.4, -0.2) is 48.1 Å². The van der Waals surface area contributed by atoms with Crippen molar-refractivity contribution in [1.29, 1.82) is 0 Å². The Bertz CT molecular complexity index is 406. The Kier molecular flexibility index (Phi) is 4.44. The van der Waals surface area contributed by atoms with E-state index in [1.165, 1.54) is 32.4 Å². The molecule has 2 aliphatic rings. The molecular weight excluding hydrogens is 250 g/mol. The highest BCUT2D eigenvalue weighted by atomic mass is 16.3. The minimum Gasteiger partial charge on any atom is -0.468 e. The number of nitrogens with zero attached hydrogens (tertiary/aromatic N) is 2. The van der Waals surface area contributed by atoms with E-state index in [0.29, 0.717) is 0 Å². The average molecular weight is 277 g/mol. The molecule has 0 bridgehead atoms. The van der Waals surface area contributed by atoms with Gasteiger partial charge in [0.2, 0.25) is 0 Å². The summed E-state index contributed by atoms with van der Waals surface area (Å²) in [5, 5.41) is 0. The minimum absolute atomic E-state index is 0.147. The Morgan fingerprint density at radius 3 is 2.95 bits per heavy atom. The number of furan rings is 1. The molecule has 0 radical (unpaired) electrons. The van der Waals surface area contributed by atoms with E-state index in [1.54, 1.807) is 6.26 Å². The molecule has 2 saturated heterocycles. The standard InChI is InChI=1S/C16H27N3O/c1-2-14(17)16(15-7-4-11-20-15)19-10-5-9-18-8-3-6-13(18)12-19/h4,7,11,13-14,16H,2-3,5-6,8-10,12,17H2,1H3. The smallest absolute Gasteiger partial charge is 0.122 e. The summed E-state index contributed by atoms with van der Waals surface area (Å²) in [7, 11) is 0. The third kappa shape index (κ3) is 2.78. The van der Waals surface area contributed by atoms with E-state index in [2.05, 4.69) is 22.8 Å². The molecule has 0 amide bonds. The molecule has 2 aliphatic heterocycles. The zero-order valence-electron chi connectivity index (χ0n) is 12.5. The van der Waals surface area contributed by atoms with Gasteiger partial charge in [-0.2, -0.15) is 0 Å². The second kappa shape index (κ2) is 6.29. The summed E-state index contributed by atoms with van der Waals surface area (Å²) in [6, 6.07) is 5.16. The first-order valence-corrected chi connectivity index (χ1v) is 8.06. The van der Waals surface area contributed by atoms with Crippen LogP contribution in [0.1, 0.15) is 44.4 Å². The van der Waals surface area contributed by atoms with Gasteiger partial charge in [-0.25, -0.2) is 0 Å². The lowest BCUT2D eigenvalue weighted by atomic mass is 10.0. The molecule has 1 aromatic rings. The third-order valence-electron chi connectivity index (χ3n) is 4.94. The summed E-state index contributed by atoms with van der Waals surface area (Å²) in [4.78, 5) is 5.24. The molecule has 2 fully saturated rings. The van der Waals surface area contributed by atoms with E-state index in [4.69, 9.17) is 10.2 Å². The lowest BCUT2D eigenvalue weighted by Crippen LogP contribution is -2.44. The molecule has 0 saturated carbocycles. The molecule has 1 aromatic heterocycles. The van der Waals surface area contributed by atoms with Crippen molar-refractivity contribution >= 4 is 0 Å². The average Bonchev–Trinajstić information content (AvgIpc) is 3.08. The van der Waals surface area contributed by atoms with Crippen molar-refractivity contribution in [2.75, 3.05) is 26.2 Å². The summed E-state index contributed by atoms with van der Waals surface area (Å²) >= 11 is 0. The van der Waals surface area contributed by atoms with Crippen molar-refractivity contribution in [2.45, 2.75) is 50.7 Å². The summed E-state index contributed by atoms with van der Waals surface area (Å²) in [5.41, 5.74) is 6.41. The van der Waals surface area contributed by atoms with Crippen LogP contribution in [0.4, 0.5) is 0 Å². The highest BCUT2D eigenvalue weighted by Crippen LogP contribution is 2.30. The van der Waals surface area contributed by atoms with Gasteiger partial charge in [-0.05, 0) is 50.9 Å². The fourth-order valence-electron chi connectivity index (χ4n) is 3.83. The number of fused-ring (bicyclic) bond motifs is 1. The van der Waals surface area contributed by atoms with Crippen LogP contribution in [0, 0.1) is 0 Å². The van der Waals surface area contributed by atoms with Crippen molar-refractivity contribution in [3.8, 4) is 0 Å². The maximum atomic E-state index is 6.41. The number of nitrogens with two attached hydrogens (primary N) is 1. The van der Waals surface area contributed by atoms with Crippen LogP contribution < -0.4 is 5.73 Å². The second-order valence-electron chi connectivity index (χ2n) is 6.21. The van der Waals surface area contributed by atoms with Crippen LogP contribution in [0.3, 0.4) is 0 Å². The van der Waals surface area contributed by atoms with E-state index in [9.17, 15) is 0 Å². The second-order valence-corrected chi connectivity index (χ2v) is 6.21. The SMILES string of the molecule is CCC(N)C(c1ccco1)N1CCCN2CCCC2C1. The maximum Gasteiger partial charge on any atom is 0.122 e. The van der Waals surface area contributed by atoms with E-state index in [1.807, 2.05) is 6.07 Å². The predicted molar refractivity (Wildman–Crippen MR) is 80.5 cm³/mol. The van der Waals surface area contributed by atoms with Gasteiger partial charge >= 0.3 is 0 Å². The summed E-state index contributed by atoms with van der Waals surface area (Å²) < 4.78 is 5.69. The number of hydrogen-bond acceptors (Lipinski definition) is 4. The van der Waals surface area contributed by atoms with Crippen LogP contribution >= 0.6 is 0 Å². The van der Waals surface area contributed by atoms with Gasteiger partial charge in [0, 0.05) is 25.2 Å². The van der Waals surface area contributed by atoms with Crippen LogP contribution in [0.2, 0.25) is 0 Å². The first-order valence-electron chi connectivity index (χ1n) is 8.06. The van der Waals surface area contributed by atoms with E-state index in [-0.39, 0.29) is 12.1 Å². The van der Waals surface area contributed by atoms with Crippen LogP contribution in [0.15, 0.2) is 22.8 Å². The highest BCUT2D eigenvalue weighted by molar-refractivity contribution is 5.08. The lowest BCUT2D eigenvalue weighted by molar-refractivity contribution is 0.134. The summed E-state index contributed by atoms with van der Waals surface area (Å²) in [6.45, 7) is 6.96. The first-order chi connectivity index (χ1) is 9.79. The van der Waals surface area contributed by atoms with Gasteiger partial charge in [0.25, 0.3) is 0 Å². The molecule has 4 heteroatoms. The Balaban J connectivity index is 1.79. The molecule has 0 aromatic carbocycles. The van der Waals surface area contributed by atoms with Gasteiger partial charge in [-0.1, -0.05) is 6.92 Å². The van der Waals surface area contributed by atoms with E-state index < -0.39 is 0 Å². The zero-order valence-corrected chi connectivity index (χ0v) is 12.5. The summed E-state index contributed by atoms with van der Waals surface area (Å²) in [5.74, 6) is 1.03. The van der Waals surface area contributed by atoms with Gasteiger partial charge in [0.15, 0.2) is 0 Å². The Labute approximate surface area is 121 Å². The molecule has 4 nitrogen and oxygen atoms in total. The number of hydrogen-bond donors (Lipinski definition) is 1. The Hall–Kier alpha value is -0.840. The molecular formula is C16H27N3O. The van der Waals surface area contributed by atoms with Crippen molar-refractivity contribution in [1.82, 2.24) is 9.80 Å². The molecule has 2 N–H and O–H groups in total. The Morgan fingerprint density at radius 2 is 2.20 bits per heavy atom. The zero-order chi connectivity index (χ0) is 13.9. The van der Waals surface area contributed by atoms with Crippen molar-refractivity contribution in [3.63, 3.8) is 0 Å². The topological polar surface area (TPSA) is 45.6 Å². The monoisotopic (exact) mass is 277 g/mol. The van der Waals surface area contributed by atoms with Crippen molar-refractivity contribution < 1.29 is 4.42 Å². The Morgan fingerprint density at radius 1 is 1.35 bits per heavy atom. The normalized spacial score (nSPS) is 28.0. The molecule has 3 heterocycles. The molecule has 112 valence electrons. The van der Waals surface area contributed by atoms with E-state index in [0.717, 1.165) is 31.3 Å². The molecule has 20 heavy (non-hydrogen) atoms. The van der Waals surface area contributed by atoms with E-state index >= 15 is 0 Å². The lowest BCUT2D eigenvalue weighted by Gasteiger charge is -2.34. The minimum atomic E-state index is 0.147. The third-order valence-corrected chi connectivity index (χ3v) is 4.94. The fraction of sp³-hybridized carbons (Fsp3) is 0.750. The number of rotatable bonds is 4. The van der Waals surface area contributed by atoms with Crippen LogP contribution in [0.5, 0.6) is 0 Å². The van der Waals surface area contributed by atoms with Gasteiger partial charge in [0.05, 0.1) is 12.3 Å². The molecule has 3 unspecified atom stereocenters. The van der Waals surface area contributed by atoms with Gasteiger partial charge in [-0.3, -0.25) is 9.80 Å². The largest absolute Gasteiger partial charge is 0.468 e. The molecule has 3 rings (SSSR count). The predicted octanol–water partition coefficient (Wildman–Crippen LogP) is 2.23. The molecule has 0 spiro atoms. The maximum absolute atomic E-state index is 6.41. The van der Waals surface area contributed by atoms with Gasteiger partial charge < -0.3 is 10.2 Å². The molecule has 3 atom stereocenters. The van der Waals surface area contributed by atoms with Crippen molar-refractivity contribution in [2.24, 2.45) is 5.73 Å². The fourth-order valence-corrected chi connectivity index (χ4v) is 3.83. The van der Waals surface area contributed by atoms with Crippen LogP contribution in [0.25, 0.3) is 0 Å². The van der Waals surface area contributed by atoms with Gasteiger partial charge in [0.1, 0.15) is 5.76 Å². The van der Waals surface area contributed by atoms with Crippen LogP contribution in [-0.2, 0) is 0 Å². The molecule has 0 aliphatic carbocycles. The summed E-state index contributed by atoms with van der Waals surface area (Å²) in [6.07, 6.45) is 6.68. The van der Waals surface area contributed by atoms with Crippen molar-refractivity contribution in [3.05, 3.63) is 24.2 Å². The highest BCUT2D eigenvalue weighted by Gasteiger charge is 2.34. The van der Waals surface area contributed by atoms with Gasteiger partial charge in [-0.15, -0.1) is 0 Å².